The highest BCUT2D eigenvalue weighted by atomic mass is 16.5. The molecule has 1 N–H and O–H groups in total. The van der Waals surface area contributed by atoms with E-state index in [4.69, 9.17) is 4.74 Å². The van der Waals surface area contributed by atoms with Crippen molar-refractivity contribution in [1.82, 2.24) is 5.32 Å². The SMILES string of the molecule is c1ccc(CNCCCN2CCOc3ccccc32)cc1. The third kappa shape index (κ3) is 3.76. The zero-order valence-electron chi connectivity index (χ0n) is 12.3. The molecule has 21 heavy (non-hydrogen) atoms. The summed E-state index contributed by atoms with van der Waals surface area (Å²) < 4.78 is 5.68. The van der Waals surface area contributed by atoms with Crippen LogP contribution in [-0.2, 0) is 6.54 Å². The van der Waals surface area contributed by atoms with Crippen molar-refractivity contribution in [1.29, 1.82) is 0 Å². The van der Waals surface area contributed by atoms with E-state index in [0.29, 0.717) is 0 Å². The lowest BCUT2D eigenvalue weighted by molar-refractivity contribution is 0.307. The fourth-order valence-corrected chi connectivity index (χ4v) is 2.68. The quantitative estimate of drug-likeness (QED) is 0.824. The lowest BCUT2D eigenvalue weighted by atomic mass is 10.2. The Hall–Kier alpha value is -2.00. The Morgan fingerprint density at radius 1 is 1.00 bits per heavy atom. The summed E-state index contributed by atoms with van der Waals surface area (Å²) in [5.41, 5.74) is 2.57. The van der Waals surface area contributed by atoms with E-state index in [1.165, 1.54) is 11.3 Å². The van der Waals surface area contributed by atoms with Crippen molar-refractivity contribution in [2.24, 2.45) is 0 Å². The van der Waals surface area contributed by atoms with Crippen LogP contribution in [0.3, 0.4) is 0 Å². The fourth-order valence-electron chi connectivity index (χ4n) is 2.68. The van der Waals surface area contributed by atoms with E-state index >= 15 is 0 Å². The summed E-state index contributed by atoms with van der Waals surface area (Å²) in [7, 11) is 0. The molecule has 0 aromatic heterocycles. The number of nitrogens with zero attached hydrogens (tertiary/aromatic N) is 1. The summed E-state index contributed by atoms with van der Waals surface area (Å²) in [4.78, 5) is 2.42. The molecule has 0 saturated heterocycles. The van der Waals surface area contributed by atoms with E-state index in [0.717, 1.165) is 45.0 Å². The maximum atomic E-state index is 5.68. The van der Waals surface area contributed by atoms with Gasteiger partial charge in [0.15, 0.2) is 0 Å². The first-order chi connectivity index (χ1) is 10.4. The van der Waals surface area contributed by atoms with Crippen molar-refractivity contribution in [3.63, 3.8) is 0 Å². The van der Waals surface area contributed by atoms with Crippen LogP contribution < -0.4 is 15.0 Å². The Morgan fingerprint density at radius 2 is 1.81 bits per heavy atom. The minimum atomic E-state index is 0.786. The van der Waals surface area contributed by atoms with Gasteiger partial charge in [0.25, 0.3) is 0 Å². The topological polar surface area (TPSA) is 24.5 Å². The van der Waals surface area contributed by atoms with Crippen LogP contribution in [-0.4, -0.2) is 26.2 Å². The number of nitrogens with one attached hydrogen (secondary N) is 1. The second kappa shape index (κ2) is 7.14. The van der Waals surface area contributed by atoms with Crippen LogP contribution in [0.15, 0.2) is 54.6 Å². The molecule has 0 unspecified atom stereocenters. The average molecular weight is 282 g/mol. The van der Waals surface area contributed by atoms with Crippen molar-refractivity contribution < 1.29 is 4.74 Å². The van der Waals surface area contributed by atoms with E-state index in [1.807, 2.05) is 6.07 Å². The number of benzene rings is 2. The van der Waals surface area contributed by atoms with Gasteiger partial charge >= 0.3 is 0 Å². The first kappa shape index (κ1) is 14.0. The number of hydrogen-bond acceptors (Lipinski definition) is 3. The molecule has 3 nitrogen and oxygen atoms in total. The Kier molecular flexibility index (Phi) is 4.74. The van der Waals surface area contributed by atoms with Crippen LogP contribution in [0.4, 0.5) is 5.69 Å². The number of ether oxygens (including phenoxy) is 1. The Bertz CT molecular complexity index is 556. The van der Waals surface area contributed by atoms with Gasteiger partial charge < -0.3 is 15.0 Å². The van der Waals surface area contributed by atoms with Crippen molar-refractivity contribution in [2.45, 2.75) is 13.0 Å². The van der Waals surface area contributed by atoms with Crippen LogP contribution in [0.1, 0.15) is 12.0 Å². The molecule has 1 aliphatic rings. The molecule has 0 saturated carbocycles. The molecule has 0 amide bonds. The van der Waals surface area contributed by atoms with E-state index in [2.05, 4.69) is 58.7 Å². The Morgan fingerprint density at radius 3 is 2.71 bits per heavy atom. The molecule has 0 aliphatic carbocycles. The highest BCUT2D eigenvalue weighted by Crippen LogP contribution is 2.30. The van der Waals surface area contributed by atoms with Gasteiger partial charge in [-0.15, -0.1) is 0 Å². The molecule has 2 aromatic rings. The van der Waals surface area contributed by atoms with E-state index in [9.17, 15) is 0 Å². The van der Waals surface area contributed by atoms with Crippen molar-refractivity contribution in [3.8, 4) is 5.75 Å². The molecular weight excluding hydrogens is 260 g/mol. The van der Waals surface area contributed by atoms with Crippen molar-refractivity contribution >= 4 is 5.69 Å². The van der Waals surface area contributed by atoms with Gasteiger partial charge in [-0.2, -0.15) is 0 Å². The highest BCUT2D eigenvalue weighted by molar-refractivity contribution is 5.59. The monoisotopic (exact) mass is 282 g/mol. The summed E-state index contributed by atoms with van der Waals surface area (Å²) >= 11 is 0. The number of rotatable bonds is 6. The summed E-state index contributed by atoms with van der Waals surface area (Å²) in [6, 6.07) is 18.8. The number of anilines is 1. The summed E-state index contributed by atoms with van der Waals surface area (Å²) in [6.07, 6.45) is 1.14. The molecule has 0 atom stereocenters. The lowest BCUT2D eigenvalue weighted by Crippen LogP contribution is -2.34. The Balaban J connectivity index is 1.42. The van der Waals surface area contributed by atoms with Gasteiger partial charge in [0.05, 0.1) is 12.2 Å². The van der Waals surface area contributed by atoms with Crippen LogP contribution in [0.5, 0.6) is 5.75 Å². The average Bonchev–Trinajstić information content (AvgIpc) is 2.56. The molecule has 3 heteroatoms. The molecule has 1 heterocycles. The van der Waals surface area contributed by atoms with Gasteiger partial charge in [-0.3, -0.25) is 0 Å². The summed E-state index contributed by atoms with van der Waals surface area (Å²) in [6.45, 7) is 4.82. The van der Waals surface area contributed by atoms with Crippen LogP contribution in [0, 0.1) is 0 Å². The first-order valence-electron chi connectivity index (χ1n) is 7.65. The second-order valence-electron chi connectivity index (χ2n) is 5.32. The van der Waals surface area contributed by atoms with E-state index < -0.39 is 0 Å². The predicted molar refractivity (Wildman–Crippen MR) is 86.9 cm³/mol. The predicted octanol–water partition coefficient (Wildman–Crippen LogP) is 3.07. The smallest absolute Gasteiger partial charge is 0.142 e. The minimum absolute atomic E-state index is 0.786. The molecule has 0 bridgehead atoms. The molecule has 3 rings (SSSR count). The maximum absolute atomic E-state index is 5.68. The molecule has 0 radical (unpaired) electrons. The molecule has 2 aromatic carbocycles. The zero-order chi connectivity index (χ0) is 14.3. The number of para-hydroxylation sites is 2. The van der Waals surface area contributed by atoms with Gasteiger partial charge in [0.1, 0.15) is 12.4 Å². The highest BCUT2D eigenvalue weighted by Gasteiger charge is 2.16. The maximum Gasteiger partial charge on any atom is 0.142 e. The zero-order valence-corrected chi connectivity index (χ0v) is 12.3. The van der Waals surface area contributed by atoms with Gasteiger partial charge in [-0.1, -0.05) is 42.5 Å². The minimum Gasteiger partial charge on any atom is -0.490 e. The third-order valence-corrected chi connectivity index (χ3v) is 3.78. The standard InChI is InChI=1S/C18H22N2O/c1-2-7-16(8-3-1)15-19-11-6-12-20-13-14-21-18-10-5-4-9-17(18)20/h1-5,7-10,19H,6,11-15H2. The van der Waals surface area contributed by atoms with Crippen LogP contribution >= 0.6 is 0 Å². The van der Waals surface area contributed by atoms with Crippen LogP contribution in [0.25, 0.3) is 0 Å². The second-order valence-corrected chi connectivity index (χ2v) is 5.32. The number of fused-ring (bicyclic) bond motifs is 1. The molecule has 110 valence electrons. The first-order valence-corrected chi connectivity index (χ1v) is 7.65. The lowest BCUT2D eigenvalue weighted by Gasteiger charge is -2.31. The molecule has 1 aliphatic heterocycles. The fraction of sp³-hybridized carbons (Fsp3) is 0.333. The summed E-state index contributed by atoms with van der Waals surface area (Å²) in [5, 5.41) is 3.51. The normalized spacial score (nSPS) is 13.6. The van der Waals surface area contributed by atoms with Gasteiger partial charge in [0, 0.05) is 13.1 Å². The molecule has 0 fully saturated rings. The van der Waals surface area contributed by atoms with E-state index in [1.54, 1.807) is 0 Å². The van der Waals surface area contributed by atoms with Gasteiger partial charge in [0.2, 0.25) is 0 Å². The third-order valence-electron chi connectivity index (χ3n) is 3.78. The van der Waals surface area contributed by atoms with Gasteiger partial charge in [-0.05, 0) is 30.7 Å². The van der Waals surface area contributed by atoms with Crippen molar-refractivity contribution in [3.05, 3.63) is 60.2 Å². The molecule has 0 spiro atoms. The Labute approximate surface area is 126 Å². The van der Waals surface area contributed by atoms with Crippen LogP contribution in [0.2, 0.25) is 0 Å². The molecular formula is C18H22N2O. The summed E-state index contributed by atoms with van der Waals surface area (Å²) in [5.74, 6) is 1.01. The van der Waals surface area contributed by atoms with E-state index in [-0.39, 0.29) is 0 Å². The largest absolute Gasteiger partial charge is 0.490 e. The number of hydrogen-bond donors (Lipinski definition) is 1. The van der Waals surface area contributed by atoms with Crippen molar-refractivity contribution in [2.75, 3.05) is 31.1 Å². The van der Waals surface area contributed by atoms with Gasteiger partial charge in [-0.25, -0.2) is 0 Å².